The van der Waals surface area contributed by atoms with Crippen molar-refractivity contribution in [3.63, 3.8) is 0 Å². The van der Waals surface area contributed by atoms with E-state index >= 15 is 0 Å². The van der Waals surface area contributed by atoms with Crippen molar-refractivity contribution < 1.29 is 4.79 Å². The fraction of sp³-hybridized carbons (Fsp3) is 0.286. The zero-order valence-electron chi connectivity index (χ0n) is 18.6. The highest BCUT2D eigenvalue weighted by Gasteiger charge is 2.24. The zero-order valence-corrected chi connectivity index (χ0v) is 18.6. The molecule has 1 aliphatic heterocycles. The maximum Gasteiger partial charge on any atom is 0.226 e. The number of imidazole rings is 1. The van der Waals surface area contributed by atoms with Crippen LogP contribution in [0.1, 0.15) is 24.2 Å². The van der Waals surface area contributed by atoms with E-state index < -0.39 is 0 Å². The molecule has 0 N–H and O–H groups in total. The number of likely N-dealkylation sites (tertiary alicyclic amines) is 1. The van der Waals surface area contributed by atoms with E-state index in [0.29, 0.717) is 12.3 Å². The molecular formula is C28H29N3O. The molecule has 4 nitrogen and oxygen atoms in total. The van der Waals surface area contributed by atoms with Crippen LogP contribution in [0.2, 0.25) is 0 Å². The van der Waals surface area contributed by atoms with Crippen LogP contribution in [0.4, 0.5) is 0 Å². The number of piperidine rings is 1. The van der Waals surface area contributed by atoms with Crippen LogP contribution in [0.5, 0.6) is 0 Å². The largest absolute Gasteiger partial charge is 0.342 e. The molecule has 32 heavy (non-hydrogen) atoms. The molecule has 162 valence electrons. The van der Waals surface area contributed by atoms with Gasteiger partial charge in [0.05, 0.1) is 17.5 Å². The van der Waals surface area contributed by atoms with Gasteiger partial charge in [0.25, 0.3) is 0 Å². The van der Waals surface area contributed by atoms with Crippen LogP contribution < -0.4 is 0 Å². The maximum absolute atomic E-state index is 12.9. The summed E-state index contributed by atoms with van der Waals surface area (Å²) in [5, 5.41) is 0. The Morgan fingerprint density at radius 3 is 2.28 bits per heavy atom. The number of amides is 1. The van der Waals surface area contributed by atoms with Crippen molar-refractivity contribution in [2.24, 2.45) is 5.92 Å². The lowest BCUT2D eigenvalue weighted by Crippen LogP contribution is -2.40. The van der Waals surface area contributed by atoms with Gasteiger partial charge in [-0.1, -0.05) is 66.7 Å². The molecule has 1 aromatic heterocycles. The number of aromatic nitrogens is 2. The van der Waals surface area contributed by atoms with E-state index in [1.807, 2.05) is 29.2 Å². The van der Waals surface area contributed by atoms with Gasteiger partial charge >= 0.3 is 0 Å². The molecule has 0 bridgehead atoms. The Morgan fingerprint density at radius 1 is 0.875 bits per heavy atom. The summed E-state index contributed by atoms with van der Waals surface area (Å²) < 4.78 is 2.34. The standard InChI is InChI=1S/C28H29N3O/c1-21-29-26-9-5-6-10-27(26)31(21)20-23-15-17-30(18-16-23)28(32)19-22-11-13-25(14-12-22)24-7-3-2-4-8-24/h2-14,23H,15-20H2,1H3. The van der Waals surface area contributed by atoms with Crippen LogP contribution in [-0.2, 0) is 17.8 Å². The third kappa shape index (κ3) is 4.31. The molecule has 2 heterocycles. The number of carbonyl (C=O) groups is 1. The van der Waals surface area contributed by atoms with Crippen molar-refractivity contribution in [2.45, 2.75) is 32.7 Å². The number of rotatable bonds is 5. The highest BCUT2D eigenvalue weighted by atomic mass is 16.2. The molecule has 0 atom stereocenters. The Kier molecular flexibility index (Phi) is 5.76. The van der Waals surface area contributed by atoms with E-state index in [1.54, 1.807) is 0 Å². The van der Waals surface area contributed by atoms with Gasteiger partial charge in [-0.25, -0.2) is 4.98 Å². The lowest BCUT2D eigenvalue weighted by molar-refractivity contribution is -0.131. The normalized spacial score (nSPS) is 14.7. The minimum absolute atomic E-state index is 0.236. The summed E-state index contributed by atoms with van der Waals surface area (Å²) in [6.07, 6.45) is 2.57. The molecule has 3 aromatic carbocycles. The molecule has 1 fully saturated rings. The third-order valence-corrected chi connectivity index (χ3v) is 6.67. The molecule has 4 aromatic rings. The molecule has 0 radical (unpaired) electrons. The predicted molar refractivity (Wildman–Crippen MR) is 129 cm³/mol. The Labute approximate surface area is 189 Å². The lowest BCUT2D eigenvalue weighted by atomic mass is 9.96. The zero-order chi connectivity index (χ0) is 21.9. The summed E-state index contributed by atoms with van der Waals surface area (Å²) in [7, 11) is 0. The van der Waals surface area contributed by atoms with Gasteiger partial charge in [-0.3, -0.25) is 4.79 Å². The van der Waals surface area contributed by atoms with Crippen LogP contribution in [0, 0.1) is 12.8 Å². The summed E-state index contributed by atoms with van der Waals surface area (Å²) in [6, 6.07) is 27.1. The summed E-state index contributed by atoms with van der Waals surface area (Å²) >= 11 is 0. The van der Waals surface area contributed by atoms with E-state index in [-0.39, 0.29) is 5.91 Å². The van der Waals surface area contributed by atoms with Gasteiger partial charge in [-0.15, -0.1) is 0 Å². The Hall–Kier alpha value is -3.40. The van der Waals surface area contributed by atoms with E-state index in [9.17, 15) is 4.79 Å². The van der Waals surface area contributed by atoms with Gasteiger partial charge < -0.3 is 9.47 Å². The monoisotopic (exact) mass is 423 g/mol. The fourth-order valence-electron chi connectivity index (χ4n) is 4.78. The summed E-state index contributed by atoms with van der Waals surface area (Å²) in [6.45, 7) is 4.76. The Bertz CT molecular complexity index is 1200. The van der Waals surface area contributed by atoms with Gasteiger partial charge in [0.1, 0.15) is 5.82 Å². The second-order valence-corrected chi connectivity index (χ2v) is 8.82. The minimum atomic E-state index is 0.236. The van der Waals surface area contributed by atoms with Crippen LogP contribution in [0.25, 0.3) is 22.2 Å². The molecular weight excluding hydrogens is 394 g/mol. The molecule has 1 saturated heterocycles. The molecule has 1 amide bonds. The summed E-state index contributed by atoms with van der Waals surface area (Å²) in [5.41, 5.74) is 5.74. The topological polar surface area (TPSA) is 38.1 Å². The van der Waals surface area contributed by atoms with Crippen molar-refractivity contribution in [3.05, 3.63) is 90.3 Å². The molecule has 0 unspecified atom stereocenters. The number of fused-ring (bicyclic) bond motifs is 1. The molecule has 0 aliphatic carbocycles. The smallest absolute Gasteiger partial charge is 0.226 e. The highest BCUT2D eigenvalue weighted by molar-refractivity contribution is 5.79. The van der Waals surface area contributed by atoms with Crippen molar-refractivity contribution in [2.75, 3.05) is 13.1 Å². The Morgan fingerprint density at radius 2 is 1.53 bits per heavy atom. The number of aryl methyl sites for hydroxylation is 1. The van der Waals surface area contributed by atoms with Crippen LogP contribution in [-0.4, -0.2) is 33.4 Å². The molecule has 0 saturated carbocycles. The van der Waals surface area contributed by atoms with Crippen molar-refractivity contribution in [1.82, 2.24) is 14.5 Å². The highest BCUT2D eigenvalue weighted by Crippen LogP contribution is 2.24. The first-order chi connectivity index (χ1) is 15.7. The second kappa shape index (κ2) is 8.99. The van der Waals surface area contributed by atoms with Crippen molar-refractivity contribution >= 4 is 16.9 Å². The molecule has 0 spiro atoms. The van der Waals surface area contributed by atoms with E-state index in [1.165, 1.54) is 16.6 Å². The number of benzene rings is 3. The van der Waals surface area contributed by atoms with E-state index in [0.717, 1.165) is 49.4 Å². The van der Waals surface area contributed by atoms with Crippen LogP contribution >= 0.6 is 0 Å². The minimum Gasteiger partial charge on any atom is -0.342 e. The van der Waals surface area contributed by atoms with E-state index in [2.05, 4.69) is 66.1 Å². The quantitative estimate of drug-likeness (QED) is 0.425. The van der Waals surface area contributed by atoms with Gasteiger partial charge in [0, 0.05) is 19.6 Å². The van der Waals surface area contributed by atoms with Gasteiger partial charge in [0.15, 0.2) is 0 Å². The average molecular weight is 424 g/mol. The first-order valence-corrected chi connectivity index (χ1v) is 11.5. The number of nitrogens with zero attached hydrogens (tertiary/aromatic N) is 3. The summed E-state index contributed by atoms with van der Waals surface area (Å²) in [5.74, 6) is 1.89. The average Bonchev–Trinajstić information content (AvgIpc) is 3.15. The number of para-hydroxylation sites is 2. The molecule has 1 aliphatic rings. The fourth-order valence-corrected chi connectivity index (χ4v) is 4.78. The lowest BCUT2D eigenvalue weighted by Gasteiger charge is -2.32. The molecule has 4 heteroatoms. The van der Waals surface area contributed by atoms with Gasteiger partial charge in [-0.2, -0.15) is 0 Å². The number of hydrogen-bond acceptors (Lipinski definition) is 2. The SMILES string of the molecule is Cc1nc2ccccc2n1CC1CCN(C(=O)Cc2ccc(-c3ccccc3)cc2)CC1. The van der Waals surface area contributed by atoms with Gasteiger partial charge in [-0.05, 0) is 54.5 Å². The Balaban J connectivity index is 1.16. The van der Waals surface area contributed by atoms with Gasteiger partial charge in [0.2, 0.25) is 5.91 Å². The van der Waals surface area contributed by atoms with E-state index in [4.69, 9.17) is 4.98 Å². The third-order valence-electron chi connectivity index (χ3n) is 6.67. The van der Waals surface area contributed by atoms with Crippen LogP contribution in [0.15, 0.2) is 78.9 Å². The summed E-state index contributed by atoms with van der Waals surface area (Å²) in [4.78, 5) is 19.6. The number of hydrogen-bond donors (Lipinski definition) is 0. The van der Waals surface area contributed by atoms with Crippen molar-refractivity contribution in [3.8, 4) is 11.1 Å². The van der Waals surface area contributed by atoms with Crippen LogP contribution in [0.3, 0.4) is 0 Å². The van der Waals surface area contributed by atoms with Crippen molar-refractivity contribution in [1.29, 1.82) is 0 Å². The number of carbonyl (C=O) groups excluding carboxylic acids is 1. The maximum atomic E-state index is 12.9. The first-order valence-electron chi connectivity index (χ1n) is 11.5. The predicted octanol–water partition coefficient (Wildman–Crippen LogP) is 5.49. The molecule has 5 rings (SSSR count). The second-order valence-electron chi connectivity index (χ2n) is 8.82. The first kappa shape index (κ1) is 20.5.